The van der Waals surface area contributed by atoms with Gasteiger partial charge in [0.15, 0.2) is 11.6 Å². The minimum atomic E-state index is 0. The van der Waals surface area contributed by atoms with Crippen LogP contribution in [0.3, 0.4) is 0 Å². The van der Waals surface area contributed by atoms with E-state index in [1.807, 2.05) is 7.05 Å². The van der Waals surface area contributed by atoms with Gasteiger partial charge in [-0.2, -0.15) is 10.1 Å². The molecule has 0 amide bonds. The van der Waals surface area contributed by atoms with Crippen molar-refractivity contribution in [2.24, 2.45) is 13.0 Å². The summed E-state index contributed by atoms with van der Waals surface area (Å²) >= 11 is 0. The van der Waals surface area contributed by atoms with Crippen molar-refractivity contribution in [3.05, 3.63) is 29.7 Å². The van der Waals surface area contributed by atoms with Crippen molar-refractivity contribution in [3.8, 4) is 17.1 Å². The third-order valence-corrected chi connectivity index (χ3v) is 6.15. The second kappa shape index (κ2) is 17.2. The van der Waals surface area contributed by atoms with Crippen LogP contribution in [-0.2, 0) is 29.5 Å². The fourth-order valence-electron chi connectivity index (χ4n) is 3.80. The first-order valence-corrected chi connectivity index (χ1v) is 13.9. The molecule has 218 valence electrons. The molecule has 4 rings (SSSR count). The molecule has 39 heavy (non-hydrogen) atoms. The van der Waals surface area contributed by atoms with Crippen molar-refractivity contribution in [2.75, 3.05) is 5.32 Å². The zero-order chi connectivity index (χ0) is 28.6. The molecule has 2 N–H and O–H groups in total. The molecular weight excluding hydrogens is 498 g/mol. The number of nitrogens with zero attached hydrogens (tertiary/aromatic N) is 6. The summed E-state index contributed by atoms with van der Waals surface area (Å²) in [5, 5.41) is 21.0. The number of ether oxygens (including phenoxy) is 1. The van der Waals surface area contributed by atoms with Gasteiger partial charge in [-0.05, 0) is 38.3 Å². The van der Waals surface area contributed by atoms with Crippen molar-refractivity contribution in [3.63, 3.8) is 0 Å². The summed E-state index contributed by atoms with van der Waals surface area (Å²) in [6.45, 7) is 10.5. The Labute approximate surface area is 233 Å². The molecule has 3 heterocycles. The Bertz CT molecular complexity index is 1100. The lowest BCUT2D eigenvalue weighted by atomic mass is 10.1. The van der Waals surface area contributed by atoms with Crippen LogP contribution in [0.4, 0.5) is 5.95 Å². The summed E-state index contributed by atoms with van der Waals surface area (Å²) in [6.07, 6.45) is 15.4. The number of anilines is 1. The first kappa shape index (κ1) is 31.7. The normalized spacial score (nSPS) is 13.1. The van der Waals surface area contributed by atoms with E-state index in [2.05, 4.69) is 49.1 Å². The molecule has 0 saturated heterocycles. The summed E-state index contributed by atoms with van der Waals surface area (Å²) in [6, 6.07) is 0. The summed E-state index contributed by atoms with van der Waals surface area (Å²) in [7, 11) is 1.85. The van der Waals surface area contributed by atoms with Crippen LogP contribution in [-0.4, -0.2) is 47.6 Å². The Hall–Kier alpha value is -3.50. The van der Waals surface area contributed by atoms with Gasteiger partial charge in [-0.25, -0.2) is 9.97 Å². The first-order valence-electron chi connectivity index (χ1n) is 13.9. The van der Waals surface area contributed by atoms with E-state index >= 15 is 0 Å². The van der Waals surface area contributed by atoms with Gasteiger partial charge < -0.3 is 19.7 Å². The second-order valence-electron chi connectivity index (χ2n) is 10.3. The number of rotatable bonds is 9. The molecule has 0 aromatic carbocycles. The summed E-state index contributed by atoms with van der Waals surface area (Å²) in [5.41, 5.74) is 2.18. The lowest BCUT2D eigenvalue weighted by Gasteiger charge is -2.06. The van der Waals surface area contributed by atoms with Crippen molar-refractivity contribution in [1.29, 1.82) is 0 Å². The maximum atomic E-state index is 9.61. The van der Waals surface area contributed by atoms with Gasteiger partial charge in [0.2, 0.25) is 5.89 Å². The minimum absolute atomic E-state index is 0. The molecule has 3 aromatic heterocycles. The van der Waals surface area contributed by atoms with E-state index in [1.54, 1.807) is 31.6 Å². The smallest absolute Gasteiger partial charge is 0.293 e. The van der Waals surface area contributed by atoms with E-state index in [-0.39, 0.29) is 13.3 Å². The average Bonchev–Trinajstić information content (AvgIpc) is 3.37. The number of carbonyl (C=O) groups is 1. The third kappa shape index (κ3) is 11.8. The fourth-order valence-corrected chi connectivity index (χ4v) is 3.80. The number of aromatic hydroxyl groups is 1. The van der Waals surface area contributed by atoms with E-state index in [0.717, 1.165) is 24.1 Å². The minimum Gasteiger partial charge on any atom is -0.504 e. The number of nitrogens with one attached hydrogen (secondary N) is 1. The molecule has 1 aliphatic rings. The number of aromatic nitrogens is 6. The molecule has 0 spiro atoms. The second-order valence-corrected chi connectivity index (χ2v) is 10.3. The predicted molar refractivity (Wildman–Crippen MR) is 152 cm³/mol. The van der Waals surface area contributed by atoms with Crippen LogP contribution < -0.4 is 5.32 Å². The lowest BCUT2D eigenvalue weighted by molar-refractivity contribution is -0.131. The Morgan fingerprint density at radius 3 is 2.26 bits per heavy atom. The summed E-state index contributed by atoms with van der Waals surface area (Å²) < 4.78 is 11.4. The van der Waals surface area contributed by atoms with Crippen molar-refractivity contribution >= 4 is 12.4 Å². The third-order valence-electron chi connectivity index (χ3n) is 6.15. The molecule has 0 radical (unpaired) electrons. The van der Waals surface area contributed by atoms with Gasteiger partial charge in [0.1, 0.15) is 0 Å². The maximum absolute atomic E-state index is 9.61. The van der Waals surface area contributed by atoms with Crippen LogP contribution in [0.5, 0.6) is 5.75 Å². The quantitative estimate of drug-likeness (QED) is 0.242. The zero-order valence-electron chi connectivity index (χ0n) is 24.3. The van der Waals surface area contributed by atoms with Crippen LogP contribution in [0.1, 0.15) is 97.8 Å². The topological polar surface area (TPSA) is 141 Å². The first-order chi connectivity index (χ1) is 18.7. The molecule has 0 bridgehead atoms. The van der Waals surface area contributed by atoms with Gasteiger partial charge in [-0.1, -0.05) is 58.8 Å². The van der Waals surface area contributed by atoms with E-state index in [1.165, 1.54) is 51.1 Å². The highest BCUT2D eigenvalue weighted by atomic mass is 16.5. The van der Waals surface area contributed by atoms with Crippen molar-refractivity contribution < 1.29 is 20.6 Å². The van der Waals surface area contributed by atoms with Crippen LogP contribution in [0, 0.1) is 12.8 Å². The lowest BCUT2D eigenvalue weighted by Crippen LogP contribution is -2.08. The monoisotopic (exact) mass is 545 g/mol. The number of hydrogen-bond donors (Lipinski definition) is 2. The molecule has 11 nitrogen and oxygen atoms in total. The van der Waals surface area contributed by atoms with Crippen molar-refractivity contribution in [2.45, 2.75) is 105 Å². The number of hydrogen-bond acceptors (Lipinski definition) is 10. The van der Waals surface area contributed by atoms with Crippen LogP contribution in [0.2, 0.25) is 0 Å². The molecule has 0 aliphatic heterocycles. The highest BCUT2D eigenvalue weighted by molar-refractivity contribution is 5.58. The largest absolute Gasteiger partial charge is 0.504 e. The molecule has 3 aromatic rings. The Balaban J connectivity index is 0.000000472. The summed E-state index contributed by atoms with van der Waals surface area (Å²) in [5.74, 6) is 2.24. The fraction of sp³-hybridized carbons (Fsp3) is 0.643. The van der Waals surface area contributed by atoms with Gasteiger partial charge in [0.25, 0.3) is 12.4 Å². The van der Waals surface area contributed by atoms with E-state index in [9.17, 15) is 9.90 Å². The highest BCUT2D eigenvalue weighted by Crippen LogP contribution is 2.23. The molecule has 11 heteroatoms. The molecule has 0 atom stereocenters. The van der Waals surface area contributed by atoms with Gasteiger partial charge in [0.05, 0.1) is 42.0 Å². The van der Waals surface area contributed by atoms with Crippen LogP contribution in [0.15, 0.2) is 16.9 Å². The van der Waals surface area contributed by atoms with Crippen molar-refractivity contribution in [1.82, 2.24) is 29.9 Å². The maximum Gasteiger partial charge on any atom is 0.293 e. The van der Waals surface area contributed by atoms with Crippen LogP contribution in [0.25, 0.3) is 11.4 Å². The molecule has 1 fully saturated rings. The zero-order valence-corrected chi connectivity index (χ0v) is 24.3. The van der Waals surface area contributed by atoms with E-state index in [4.69, 9.17) is 4.52 Å². The molecule has 0 unspecified atom stereocenters. The number of aryl methyl sites for hydroxylation is 3. The van der Waals surface area contributed by atoms with Crippen LogP contribution >= 0.6 is 0 Å². The predicted octanol–water partition coefficient (Wildman–Crippen LogP) is 6.02. The molecular formula is C28H47N7O4. The molecule has 1 saturated carbocycles. The van der Waals surface area contributed by atoms with E-state index in [0.29, 0.717) is 42.3 Å². The number of carbonyl (C=O) groups excluding carboxylic acids is 1. The standard InChI is InChI=1S/C17H23N7O2.C7H14.C4H8O2.H2/c1-10(2)5-6-15-22-17(23-26-15)19-8-13-12(7-20-24(13)4)16-18-9-14(25)11(3)21-16;1-2-4-6-7-5-3-1;1-4(2)6-3-5;/h7,9-10,25H,5-6,8H2,1-4H3,(H,19,23);1-7H2;3-4H,1-2H3;1H. The SMILES string of the molecule is C1CCCCCC1.CC(C)OC=O.Cc1nc(-c2cnn(C)c2CNc2noc(CCC(C)C)n2)ncc1O.[HH]. The van der Waals surface area contributed by atoms with Gasteiger partial charge in [0, 0.05) is 14.9 Å². The molecule has 1 aliphatic carbocycles. The Morgan fingerprint density at radius 1 is 1.10 bits per heavy atom. The Morgan fingerprint density at radius 2 is 1.74 bits per heavy atom. The average molecular weight is 546 g/mol. The summed E-state index contributed by atoms with van der Waals surface area (Å²) in [4.78, 5) is 22.3. The van der Waals surface area contributed by atoms with E-state index < -0.39 is 0 Å². The van der Waals surface area contributed by atoms with Gasteiger partial charge >= 0.3 is 0 Å². The highest BCUT2D eigenvalue weighted by Gasteiger charge is 2.15. The van der Waals surface area contributed by atoms with Gasteiger partial charge in [-0.3, -0.25) is 9.48 Å². The Kier molecular flexibility index (Phi) is 14.0. The van der Waals surface area contributed by atoms with Gasteiger partial charge in [-0.15, -0.1) is 0 Å².